The van der Waals surface area contributed by atoms with E-state index in [1.54, 1.807) is 0 Å². The smallest absolute Gasteiger partial charge is 0.325 e. The summed E-state index contributed by atoms with van der Waals surface area (Å²) in [7, 11) is 4.06. The van der Waals surface area contributed by atoms with Crippen molar-refractivity contribution < 1.29 is 18.0 Å². The van der Waals surface area contributed by atoms with E-state index in [1.807, 2.05) is 33.3 Å². The van der Waals surface area contributed by atoms with Crippen LogP contribution in [-0.2, 0) is 23.8 Å². The van der Waals surface area contributed by atoms with Gasteiger partial charge < -0.3 is 15.5 Å². The van der Waals surface area contributed by atoms with Crippen molar-refractivity contribution in [1.82, 2.24) is 19.9 Å². The lowest BCUT2D eigenvalue weighted by Gasteiger charge is -2.14. The molecule has 0 saturated heterocycles. The molecule has 7 nitrogen and oxygen atoms in total. The molecule has 4 rings (SSSR count). The van der Waals surface area contributed by atoms with Crippen LogP contribution in [-0.4, -0.2) is 46.4 Å². The number of benzene rings is 1. The van der Waals surface area contributed by atoms with Crippen LogP contribution in [0.25, 0.3) is 11.3 Å². The van der Waals surface area contributed by atoms with Crippen molar-refractivity contribution in [1.29, 1.82) is 0 Å². The van der Waals surface area contributed by atoms with Gasteiger partial charge >= 0.3 is 6.18 Å². The zero-order valence-electron chi connectivity index (χ0n) is 19.1. The number of hydrogen-bond acceptors (Lipinski definition) is 6. The third-order valence-corrected chi connectivity index (χ3v) is 5.55. The lowest BCUT2D eigenvalue weighted by atomic mass is 10.0. The summed E-state index contributed by atoms with van der Waals surface area (Å²) in [6.45, 7) is 2.83. The SMILES string of the molecule is Cc1ncc(CCCN(C)C)cc1Nc1ncc2c(n1)-c1ccc(C(F)(F)F)cc1NC(=O)C2. The standard InChI is InChI=1S/C24H25F3N6O/c1-14-19(9-15(12-28-14)5-4-8-33(2)3)31-23-29-13-16-10-21(34)30-20-11-17(24(25,26)27)6-7-18(20)22(16)32-23/h6-7,9,11-13H,4-5,8,10H2,1-3H3,(H,30,34)(H,29,31,32). The number of aromatic nitrogens is 3. The van der Waals surface area contributed by atoms with Gasteiger partial charge in [0.15, 0.2) is 0 Å². The minimum atomic E-state index is -4.52. The number of nitrogens with zero attached hydrogens (tertiary/aromatic N) is 4. The van der Waals surface area contributed by atoms with Crippen LogP contribution < -0.4 is 10.6 Å². The number of pyridine rings is 1. The Morgan fingerprint density at radius 1 is 1.15 bits per heavy atom. The maximum absolute atomic E-state index is 13.2. The Morgan fingerprint density at radius 2 is 1.94 bits per heavy atom. The number of hydrogen-bond donors (Lipinski definition) is 2. The van der Waals surface area contributed by atoms with Gasteiger partial charge in [-0.3, -0.25) is 9.78 Å². The molecule has 0 radical (unpaired) electrons. The molecule has 0 saturated carbocycles. The second-order valence-electron chi connectivity index (χ2n) is 8.56. The summed E-state index contributed by atoms with van der Waals surface area (Å²) < 4.78 is 39.6. The van der Waals surface area contributed by atoms with Crippen molar-refractivity contribution >= 4 is 23.2 Å². The zero-order chi connectivity index (χ0) is 24.5. The molecule has 0 bridgehead atoms. The van der Waals surface area contributed by atoms with Crippen molar-refractivity contribution in [2.24, 2.45) is 0 Å². The van der Waals surface area contributed by atoms with Gasteiger partial charge in [-0.1, -0.05) is 6.07 Å². The molecular formula is C24H25F3N6O. The monoisotopic (exact) mass is 470 g/mol. The van der Waals surface area contributed by atoms with Crippen molar-refractivity contribution in [3.05, 3.63) is 59.0 Å². The van der Waals surface area contributed by atoms with E-state index in [9.17, 15) is 18.0 Å². The van der Waals surface area contributed by atoms with E-state index in [0.29, 0.717) is 16.8 Å². The highest BCUT2D eigenvalue weighted by atomic mass is 19.4. The predicted octanol–water partition coefficient (Wildman–Crippen LogP) is 4.60. The first-order valence-corrected chi connectivity index (χ1v) is 10.8. The number of alkyl halides is 3. The molecule has 1 aliphatic heterocycles. The van der Waals surface area contributed by atoms with Crippen LogP contribution in [0.5, 0.6) is 0 Å². The fourth-order valence-corrected chi connectivity index (χ4v) is 3.79. The van der Waals surface area contributed by atoms with Gasteiger partial charge in [-0.05, 0) is 64.2 Å². The van der Waals surface area contributed by atoms with Gasteiger partial charge in [-0.2, -0.15) is 13.2 Å². The summed E-state index contributed by atoms with van der Waals surface area (Å²) in [5.41, 5.74) is 3.18. The molecule has 1 aliphatic rings. The molecule has 34 heavy (non-hydrogen) atoms. The molecule has 1 aromatic carbocycles. The highest BCUT2D eigenvalue weighted by Gasteiger charge is 2.32. The molecule has 0 spiro atoms. The minimum Gasteiger partial charge on any atom is -0.325 e. The van der Waals surface area contributed by atoms with E-state index < -0.39 is 17.6 Å². The van der Waals surface area contributed by atoms with Crippen LogP contribution in [0.3, 0.4) is 0 Å². The Kier molecular flexibility index (Phi) is 6.52. The maximum atomic E-state index is 13.2. The lowest BCUT2D eigenvalue weighted by molar-refractivity contribution is -0.137. The Bertz CT molecular complexity index is 1230. The maximum Gasteiger partial charge on any atom is 0.416 e. The van der Waals surface area contributed by atoms with Crippen molar-refractivity contribution in [2.45, 2.75) is 32.4 Å². The zero-order valence-corrected chi connectivity index (χ0v) is 19.1. The topological polar surface area (TPSA) is 83.0 Å². The third-order valence-electron chi connectivity index (χ3n) is 5.55. The van der Waals surface area contributed by atoms with E-state index in [0.717, 1.165) is 48.5 Å². The first-order chi connectivity index (χ1) is 16.1. The number of nitrogens with one attached hydrogen (secondary N) is 2. The number of halogens is 3. The lowest BCUT2D eigenvalue weighted by Crippen LogP contribution is -2.14. The third kappa shape index (κ3) is 5.33. The van der Waals surface area contributed by atoms with E-state index in [1.165, 1.54) is 12.3 Å². The molecule has 0 unspecified atom stereocenters. The first-order valence-electron chi connectivity index (χ1n) is 10.8. The molecular weight excluding hydrogens is 445 g/mol. The van der Waals surface area contributed by atoms with Crippen LogP contribution >= 0.6 is 0 Å². The number of rotatable bonds is 6. The van der Waals surface area contributed by atoms with Gasteiger partial charge in [-0.25, -0.2) is 9.97 Å². The van der Waals surface area contributed by atoms with Gasteiger partial charge in [0.1, 0.15) is 0 Å². The normalized spacial score (nSPS) is 13.2. The van der Waals surface area contributed by atoms with Gasteiger partial charge in [0.05, 0.1) is 34.7 Å². The van der Waals surface area contributed by atoms with Crippen LogP contribution in [0.2, 0.25) is 0 Å². The Hall–Kier alpha value is -3.53. The van der Waals surface area contributed by atoms with Crippen LogP contribution in [0.1, 0.15) is 28.8 Å². The number of aryl methyl sites for hydroxylation is 2. The van der Waals surface area contributed by atoms with Crippen molar-refractivity contribution in [3.8, 4) is 11.3 Å². The van der Waals surface area contributed by atoms with Crippen molar-refractivity contribution in [3.63, 3.8) is 0 Å². The van der Waals surface area contributed by atoms with Gasteiger partial charge in [-0.15, -0.1) is 0 Å². The van der Waals surface area contributed by atoms with E-state index in [-0.39, 0.29) is 18.1 Å². The summed E-state index contributed by atoms with van der Waals surface area (Å²) in [5.74, 6) is -0.150. The molecule has 2 aromatic heterocycles. The summed E-state index contributed by atoms with van der Waals surface area (Å²) in [6.07, 6.45) is 0.682. The average molecular weight is 470 g/mol. The molecule has 1 amide bonds. The highest BCUT2D eigenvalue weighted by molar-refractivity contribution is 6.00. The number of amides is 1. The number of fused-ring (bicyclic) bond motifs is 3. The molecule has 10 heteroatoms. The quantitative estimate of drug-likeness (QED) is 0.548. The summed E-state index contributed by atoms with van der Waals surface area (Å²) >= 11 is 0. The fraction of sp³-hybridized carbons (Fsp3) is 0.333. The summed E-state index contributed by atoms with van der Waals surface area (Å²) in [5, 5.41) is 5.73. The van der Waals surface area contributed by atoms with Crippen LogP contribution in [0, 0.1) is 6.92 Å². The molecule has 3 heterocycles. The second kappa shape index (κ2) is 9.38. The van der Waals surface area contributed by atoms with E-state index in [2.05, 4.69) is 30.5 Å². The van der Waals surface area contributed by atoms with Crippen LogP contribution in [0.4, 0.5) is 30.5 Å². The van der Waals surface area contributed by atoms with E-state index in [4.69, 9.17) is 0 Å². The second-order valence-corrected chi connectivity index (χ2v) is 8.56. The minimum absolute atomic E-state index is 0.0341. The molecule has 0 fully saturated rings. The molecule has 3 aromatic rings. The average Bonchev–Trinajstić information content (AvgIpc) is 2.89. The Balaban J connectivity index is 1.65. The molecule has 2 N–H and O–H groups in total. The van der Waals surface area contributed by atoms with Crippen LogP contribution in [0.15, 0.2) is 36.7 Å². The Morgan fingerprint density at radius 3 is 2.68 bits per heavy atom. The molecule has 0 aliphatic carbocycles. The van der Waals surface area contributed by atoms with Crippen molar-refractivity contribution in [2.75, 3.05) is 31.3 Å². The van der Waals surface area contributed by atoms with Gasteiger partial charge in [0, 0.05) is 23.5 Å². The largest absolute Gasteiger partial charge is 0.416 e. The molecule has 0 atom stereocenters. The first kappa shape index (κ1) is 23.6. The number of anilines is 3. The van der Waals surface area contributed by atoms with Gasteiger partial charge in [0.2, 0.25) is 11.9 Å². The highest BCUT2D eigenvalue weighted by Crippen LogP contribution is 2.38. The fourth-order valence-electron chi connectivity index (χ4n) is 3.79. The van der Waals surface area contributed by atoms with E-state index >= 15 is 0 Å². The Labute approximate surface area is 195 Å². The summed E-state index contributed by atoms with van der Waals surface area (Å²) in [6, 6.07) is 5.25. The summed E-state index contributed by atoms with van der Waals surface area (Å²) in [4.78, 5) is 27.8. The number of carbonyl (C=O) groups excluding carboxylic acids is 1. The van der Waals surface area contributed by atoms with Gasteiger partial charge in [0.25, 0.3) is 0 Å². The number of carbonyl (C=O) groups is 1. The molecule has 178 valence electrons. The predicted molar refractivity (Wildman–Crippen MR) is 124 cm³/mol.